The molecule has 1 aliphatic rings. The average molecular weight is 248 g/mol. The van der Waals surface area contributed by atoms with Gasteiger partial charge in [0.2, 0.25) is 0 Å². The first-order chi connectivity index (χ1) is 8.47. The fraction of sp³-hybridized carbons (Fsp3) is 0.533. The van der Waals surface area contributed by atoms with Crippen LogP contribution >= 0.6 is 0 Å². The van der Waals surface area contributed by atoms with E-state index in [9.17, 15) is 4.79 Å². The quantitative estimate of drug-likeness (QED) is 0.768. The van der Waals surface area contributed by atoms with E-state index < -0.39 is 0 Å². The van der Waals surface area contributed by atoms with Crippen LogP contribution in [-0.4, -0.2) is 19.0 Å². The summed E-state index contributed by atoms with van der Waals surface area (Å²) in [6.45, 7) is 7.48. The third kappa shape index (κ3) is 3.03. The maximum absolute atomic E-state index is 12.2. The van der Waals surface area contributed by atoms with Gasteiger partial charge in [0.15, 0.2) is 17.3 Å². The molecule has 2 rings (SSSR count). The van der Waals surface area contributed by atoms with E-state index >= 15 is 0 Å². The monoisotopic (exact) mass is 248 g/mol. The van der Waals surface area contributed by atoms with Crippen molar-refractivity contribution >= 4 is 5.78 Å². The van der Waals surface area contributed by atoms with Gasteiger partial charge in [-0.15, -0.1) is 0 Å². The molecule has 3 heteroatoms. The highest BCUT2D eigenvalue weighted by molar-refractivity contribution is 5.99. The molecule has 18 heavy (non-hydrogen) atoms. The van der Waals surface area contributed by atoms with Gasteiger partial charge in [0.1, 0.15) is 13.2 Å². The zero-order valence-electron chi connectivity index (χ0n) is 11.3. The number of carbonyl (C=O) groups is 1. The Morgan fingerprint density at radius 2 is 1.94 bits per heavy atom. The molecule has 1 aromatic rings. The first-order valence-corrected chi connectivity index (χ1v) is 6.39. The Morgan fingerprint density at radius 3 is 2.67 bits per heavy atom. The van der Waals surface area contributed by atoms with E-state index in [0.29, 0.717) is 36.7 Å². The number of para-hydroxylation sites is 1. The molecule has 1 heterocycles. The molecule has 0 unspecified atom stereocenters. The zero-order valence-corrected chi connectivity index (χ0v) is 11.3. The second-order valence-electron chi connectivity index (χ2n) is 5.81. The van der Waals surface area contributed by atoms with E-state index in [4.69, 9.17) is 9.47 Å². The van der Waals surface area contributed by atoms with Crippen LogP contribution in [0.5, 0.6) is 11.5 Å². The van der Waals surface area contributed by atoms with Gasteiger partial charge in [0.05, 0.1) is 5.56 Å². The number of ketones is 1. The number of hydrogen-bond acceptors (Lipinski definition) is 3. The Balaban J connectivity index is 2.15. The van der Waals surface area contributed by atoms with Crippen molar-refractivity contribution in [3.05, 3.63) is 23.8 Å². The summed E-state index contributed by atoms with van der Waals surface area (Å²) in [5.74, 6) is 1.43. The van der Waals surface area contributed by atoms with Crippen molar-refractivity contribution in [3.8, 4) is 11.5 Å². The largest absolute Gasteiger partial charge is 0.486 e. The van der Waals surface area contributed by atoms with Gasteiger partial charge < -0.3 is 9.47 Å². The summed E-state index contributed by atoms with van der Waals surface area (Å²) in [4.78, 5) is 12.2. The molecule has 0 N–H and O–H groups in total. The minimum atomic E-state index is 0.132. The van der Waals surface area contributed by atoms with Crippen LogP contribution in [0.2, 0.25) is 0 Å². The highest BCUT2D eigenvalue weighted by atomic mass is 16.6. The van der Waals surface area contributed by atoms with Crippen LogP contribution in [0.15, 0.2) is 18.2 Å². The molecule has 0 saturated heterocycles. The van der Waals surface area contributed by atoms with Crippen LogP contribution in [0.1, 0.15) is 44.0 Å². The lowest BCUT2D eigenvalue weighted by atomic mass is 9.88. The molecule has 3 nitrogen and oxygen atoms in total. The van der Waals surface area contributed by atoms with Gasteiger partial charge >= 0.3 is 0 Å². The smallest absolute Gasteiger partial charge is 0.172 e. The van der Waals surface area contributed by atoms with Crippen molar-refractivity contribution in [3.63, 3.8) is 0 Å². The predicted molar refractivity (Wildman–Crippen MR) is 70.5 cm³/mol. The van der Waals surface area contributed by atoms with Crippen molar-refractivity contribution in [2.24, 2.45) is 5.41 Å². The lowest BCUT2D eigenvalue weighted by Gasteiger charge is -2.21. The summed E-state index contributed by atoms with van der Waals surface area (Å²) in [6, 6.07) is 5.51. The molecule has 1 aliphatic heterocycles. The molecular formula is C15H20O3. The number of hydrogen-bond donors (Lipinski definition) is 0. The van der Waals surface area contributed by atoms with Crippen LogP contribution in [0.4, 0.5) is 0 Å². The number of carbonyl (C=O) groups excluding carboxylic acids is 1. The standard InChI is InChI=1S/C15H20O3/c1-15(2,3)8-7-12(16)11-5-4-6-13-14(11)18-10-9-17-13/h4-6H,7-10H2,1-3H3. The maximum Gasteiger partial charge on any atom is 0.172 e. The van der Waals surface area contributed by atoms with Crippen molar-refractivity contribution < 1.29 is 14.3 Å². The SMILES string of the molecule is CC(C)(C)CCC(=O)c1cccc2c1OCCO2. The summed E-state index contributed by atoms with van der Waals surface area (Å²) in [5.41, 5.74) is 0.818. The molecule has 0 bridgehead atoms. The molecule has 0 fully saturated rings. The first kappa shape index (κ1) is 12.9. The highest BCUT2D eigenvalue weighted by Gasteiger charge is 2.21. The second-order valence-corrected chi connectivity index (χ2v) is 5.81. The summed E-state index contributed by atoms with van der Waals surface area (Å²) >= 11 is 0. The van der Waals surface area contributed by atoms with Crippen molar-refractivity contribution in [1.82, 2.24) is 0 Å². The highest BCUT2D eigenvalue weighted by Crippen LogP contribution is 2.35. The third-order valence-electron chi connectivity index (χ3n) is 2.97. The van der Waals surface area contributed by atoms with E-state index in [1.165, 1.54) is 0 Å². The lowest BCUT2D eigenvalue weighted by molar-refractivity contribution is 0.0955. The van der Waals surface area contributed by atoms with Crippen LogP contribution in [0.25, 0.3) is 0 Å². The Morgan fingerprint density at radius 1 is 1.22 bits per heavy atom. The summed E-state index contributed by atoms with van der Waals surface area (Å²) in [7, 11) is 0. The maximum atomic E-state index is 12.2. The van der Waals surface area contributed by atoms with Gasteiger partial charge in [0, 0.05) is 6.42 Å². The van der Waals surface area contributed by atoms with Gasteiger partial charge in [-0.3, -0.25) is 4.79 Å². The minimum absolute atomic E-state index is 0.132. The second kappa shape index (κ2) is 5.01. The number of Topliss-reactive ketones (excluding diaryl/α,β-unsaturated/α-hetero) is 1. The number of ether oxygens (including phenoxy) is 2. The molecule has 0 aromatic heterocycles. The Hall–Kier alpha value is -1.51. The molecule has 0 aliphatic carbocycles. The van der Waals surface area contributed by atoms with Gasteiger partial charge in [-0.2, -0.15) is 0 Å². The third-order valence-corrected chi connectivity index (χ3v) is 2.97. The zero-order chi connectivity index (χ0) is 13.2. The van der Waals surface area contributed by atoms with Crippen LogP contribution in [0.3, 0.4) is 0 Å². The molecule has 1 aromatic carbocycles. The van der Waals surface area contributed by atoms with Crippen LogP contribution < -0.4 is 9.47 Å². The lowest BCUT2D eigenvalue weighted by Crippen LogP contribution is -2.18. The number of benzene rings is 1. The van der Waals surface area contributed by atoms with E-state index in [0.717, 1.165) is 6.42 Å². The summed E-state index contributed by atoms with van der Waals surface area (Å²) in [6.07, 6.45) is 1.42. The van der Waals surface area contributed by atoms with Crippen LogP contribution in [0, 0.1) is 5.41 Å². The fourth-order valence-electron chi connectivity index (χ4n) is 1.92. The number of rotatable bonds is 3. The van der Waals surface area contributed by atoms with Gasteiger partial charge in [-0.1, -0.05) is 26.8 Å². The van der Waals surface area contributed by atoms with E-state index in [1.807, 2.05) is 18.2 Å². The van der Waals surface area contributed by atoms with E-state index in [-0.39, 0.29) is 11.2 Å². The number of fused-ring (bicyclic) bond motifs is 1. The molecule has 0 saturated carbocycles. The molecule has 0 spiro atoms. The van der Waals surface area contributed by atoms with Gasteiger partial charge in [0.25, 0.3) is 0 Å². The van der Waals surface area contributed by atoms with E-state index in [2.05, 4.69) is 20.8 Å². The van der Waals surface area contributed by atoms with Gasteiger partial charge in [-0.05, 0) is 24.0 Å². The Kier molecular flexibility index (Phi) is 3.60. The normalized spacial score (nSPS) is 14.4. The predicted octanol–water partition coefficient (Wildman–Crippen LogP) is 3.47. The molecule has 98 valence electrons. The topological polar surface area (TPSA) is 35.5 Å². The van der Waals surface area contributed by atoms with Crippen LogP contribution in [-0.2, 0) is 0 Å². The van der Waals surface area contributed by atoms with E-state index in [1.54, 1.807) is 0 Å². The van der Waals surface area contributed by atoms with Crippen molar-refractivity contribution in [2.45, 2.75) is 33.6 Å². The Bertz CT molecular complexity index is 444. The first-order valence-electron chi connectivity index (χ1n) is 6.39. The minimum Gasteiger partial charge on any atom is -0.486 e. The van der Waals surface area contributed by atoms with Crippen molar-refractivity contribution in [2.75, 3.05) is 13.2 Å². The van der Waals surface area contributed by atoms with Crippen molar-refractivity contribution in [1.29, 1.82) is 0 Å². The Labute approximate surface area is 108 Å². The summed E-state index contributed by atoms with van der Waals surface area (Å²) < 4.78 is 11.0. The molecular weight excluding hydrogens is 228 g/mol. The molecule has 0 amide bonds. The van der Waals surface area contributed by atoms with Gasteiger partial charge in [-0.25, -0.2) is 0 Å². The summed E-state index contributed by atoms with van der Waals surface area (Å²) in [5, 5.41) is 0. The molecule has 0 atom stereocenters. The molecule has 0 radical (unpaired) electrons. The fourth-order valence-corrected chi connectivity index (χ4v) is 1.92. The average Bonchev–Trinajstić information content (AvgIpc) is 2.34.